The van der Waals surface area contributed by atoms with Crippen LogP contribution in [-0.2, 0) is 4.79 Å². The maximum Gasteiger partial charge on any atom is 0.260 e. The molecule has 0 bridgehead atoms. The normalized spacial score (nSPS) is 24.2. The number of fused-ring (bicyclic) bond motifs is 1. The lowest BCUT2D eigenvalue weighted by atomic mass is 9.82. The average molecular weight is 398 g/mol. The molecule has 2 fully saturated rings. The number of carbonyl (C=O) groups excluding carboxylic acids is 1. The van der Waals surface area contributed by atoms with Crippen molar-refractivity contribution in [3.8, 4) is 11.5 Å². The molecule has 0 aliphatic carbocycles. The molecule has 2 saturated heterocycles. The maximum absolute atomic E-state index is 13.7. The Morgan fingerprint density at radius 3 is 2.62 bits per heavy atom. The fraction of sp³-hybridized carbons (Fsp3) is 0.435. The third-order valence-corrected chi connectivity index (χ3v) is 6.27. The highest BCUT2D eigenvalue weighted by Gasteiger charge is 2.44. The Balaban J connectivity index is 1.42. The van der Waals surface area contributed by atoms with E-state index in [0.29, 0.717) is 31.0 Å². The summed E-state index contributed by atoms with van der Waals surface area (Å²) in [4.78, 5) is 17.0. The first kappa shape index (κ1) is 19.7. The van der Waals surface area contributed by atoms with E-state index in [4.69, 9.17) is 9.47 Å². The predicted molar refractivity (Wildman–Crippen MR) is 109 cm³/mol. The second-order valence-electron chi connectivity index (χ2n) is 7.90. The van der Waals surface area contributed by atoms with E-state index in [9.17, 15) is 9.18 Å². The number of hydrogen-bond donors (Lipinski definition) is 0. The van der Waals surface area contributed by atoms with E-state index in [2.05, 4.69) is 24.1 Å². The van der Waals surface area contributed by atoms with Crippen molar-refractivity contribution in [1.29, 1.82) is 0 Å². The molecule has 2 aliphatic heterocycles. The van der Waals surface area contributed by atoms with E-state index in [1.165, 1.54) is 11.6 Å². The number of ether oxygens (including phenoxy) is 2. The molecule has 0 aromatic heterocycles. The van der Waals surface area contributed by atoms with Gasteiger partial charge in [-0.3, -0.25) is 4.79 Å². The standard InChI is InChI=1S/C23H27FN2O3/c1-25-13-18(16-7-9-17(28-2)10-8-16)19-14-26(12-11-21(19)25)23(27)15-29-22-6-4-3-5-20(22)24/h3-10,18-19,21H,11-15H2,1-2H3/t18-,19-,21-/m1/s1. The largest absolute Gasteiger partial charge is 0.497 e. The predicted octanol–water partition coefficient (Wildman–Crippen LogP) is 3.16. The molecule has 5 nitrogen and oxygen atoms in total. The summed E-state index contributed by atoms with van der Waals surface area (Å²) >= 11 is 0. The summed E-state index contributed by atoms with van der Waals surface area (Å²) in [6, 6.07) is 14.9. The van der Waals surface area contributed by atoms with Crippen molar-refractivity contribution >= 4 is 5.91 Å². The molecule has 0 N–H and O–H groups in total. The summed E-state index contributed by atoms with van der Waals surface area (Å²) in [7, 11) is 3.84. The van der Waals surface area contributed by atoms with Gasteiger partial charge in [-0.1, -0.05) is 24.3 Å². The maximum atomic E-state index is 13.7. The summed E-state index contributed by atoms with van der Waals surface area (Å²) in [6.07, 6.45) is 0.944. The van der Waals surface area contributed by atoms with Crippen molar-refractivity contribution in [2.75, 3.05) is 40.4 Å². The molecule has 1 amide bonds. The second kappa shape index (κ2) is 8.41. The minimum Gasteiger partial charge on any atom is -0.497 e. The number of para-hydroxylation sites is 1. The van der Waals surface area contributed by atoms with E-state index in [1.807, 2.05) is 17.0 Å². The van der Waals surface area contributed by atoms with Crippen molar-refractivity contribution < 1.29 is 18.7 Å². The Morgan fingerprint density at radius 2 is 1.90 bits per heavy atom. The number of likely N-dealkylation sites (tertiary alicyclic amines) is 2. The molecule has 3 atom stereocenters. The highest BCUT2D eigenvalue weighted by molar-refractivity contribution is 5.78. The van der Waals surface area contributed by atoms with Gasteiger partial charge in [0.1, 0.15) is 5.75 Å². The lowest BCUT2D eigenvalue weighted by Gasteiger charge is -2.38. The van der Waals surface area contributed by atoms with Crippen molar-refractivity contribution in [3.05, 3.63) is 59.9 Å². The zero-order valence-electron chi connectivity index (χ0n) is 16.9. The highest BCUT2D eigenvalue weighted by atomic mass is 19.1. The zero-order chi connectivity index (χ0) is 20.4. The van der Waals surface area contributed by atoms with Gasteiger partial charge in [-0.15, -0.1) is 0 Å². The number of piperidine rings is 1. The Kier molecular flexibility index (Phi) is 5.72. The Hall–Kier alpha value is -2.60. The molecule has 154 valence electrons. The molecule has 0 saturated carbocycles. The number of halogens is 1. The zero-order valence-corrected chi connectivity index (χ0v) is 16.9. The van der Waals surface area contributed by atoms with Crippen LogP contribution in [-0.4, -0.2) is 62.1 Å². The lowest BCUT2D eigenvalue weighted by Crippen LogP contribution is -2.49. The van der Waals surface area contributed by atoms with Crippen LogP contribution in [0, 0.1) is 11.7 Å². The highest BCUT2D eigenvalue weighted by Crippen LogP contribution is 2.41. The third-order valence-electron chi connectivity index (χ3n) is 6.27. The fourth-order valence-electron chi connectivity index (χ4n) is 4.72. The number of benzene rings is 2. The lowest BCUT2D eigenvalue weighted by molar-refractivity contribution is -0.135. The first-order valence-corrected chi connectivity index (χ1v) is 10.1. The Bertz CT molecular complexity index is 857. The Labute approximate surface area is 171 Å². The van der Waals surface area contributed by atoms with Gasteiger partial charge in [0.25, 0.3) is 5.91 Å². The van der Waals surface area contributed by atoms with Crippen molar-refractivity contribution in [2.45, 2.75) is 18.4 Å². The molecule has 2 aromatic rings. The van der Waals surface area contributed by atoms with Crippen molar-refractivity contribution in [3.63, 3.8) is 0 Å². The molecule has 4 rings (SSSR count). The number of nitrogens with zero attached hydrogens (tertiary/aromatic N) is 2. The van der Waals surface area contributed by atoms with Crippen LogP contribution >= 0.6 is 0 Å². The number of likely N-dealkylation sites (N-methyl/N-ethyl adjacent to an activating group) is 1. The van der Waals surface area contributed by atoms with Crippen LogP contribution in [0.3, 0.4) is 0 Å². The number of rotatable bonds is 5. The average Bonchev–Trinajstić information content (AvgIpc) is 3.09. The van der Waals surface area contributed by atoms with Gasteiger partial charge in [-0.05, 0) is 43.3 Å². The van der Waals surface area contributed by atoms with Crippen LogP contribution in [0.1, 0.15) is 17.9 Å². The topological polar surface area (TPSA) is 42.0 Å². The third kappa shape index (κ3) is 4.08. The minimum absolute atomic E-state index is 0.0882. The van der Waals surface area contributed by atoms with E-state index in [-0.39, 0.29) is 18.3 Å². The van der Waals surface area contributed by atoms with Crippen LogP contribution in [0.25, 0.3) is 0 Å². The van der Waals surface area contributed by atoms with Gasteiger partial charge in [0.05, 0.1) is 7.11 Å². The van der Waals surface area contributed by atoms with Crippen LogP contribution in [0.2, 0.25) is 0 Å². The first-order valence-electron chi connectivity index (χ1n) is 10.1. The summed E-state index contributed by atoms with van der Waals surface area (Å²) in [5.41, 5.74) is 1.28. The van der Waals surface area contributed by atoms with E-state index in [1.54, 1.807) is 25.3 Å². The summed E-state index contributed by atoms with van der Waals surface area (Å²) in [5.74, 6) is 1.18. The van der Waals surface area contributed by atoms with Gasteiger partial charge >= 0.3 is 0 Å². The van der Waals surface area contributed by atoms with Gasteiger partial charge in [-0.2, -0.15) is 0 Å². The van der Waals surface area contributed by atoms with E-state index < -0.39 is 5.82 Å². The van der Waals surface area contributed by atoms with E-state index in [0.717, 1.165) is 18.7 Å². The monoisotopic (exact) mass is 398 g/mol. The fourth-order valence-corrected chi connectivity index (χ4v) is 4.72. The summed E-state index contributed by atoms with van der Waals surface area (Å²) < 4.78 is 24.4. The van der Waals surface area contributed by atoms with Crippen LogP contribution in [0.15, 0.2) is 48.5 Å². The molecule has 6 heteroatoms. The molecule has 2 aromatic carbocycles. The Morgan fingerprint density at radius 1 is 1.14 bits per heavy atom. The number of methoxy groups -OCH3 is 1. The number of carbonyl (C=O) groups is 1. The SMILES string of the molecule is COc1ccc([C@H]2CN(C)[C@@H]3CCN(C(=O)COc4ccccc4F)C[C@H]23)cc1. The van der Waals surface area contributed by atoms with E-state index >= 15 is 0 Å². The smallest absolute Gasteiger partial charge is 0.260 e. The molecule has 0 unspecified atom stereocenters. The number of hydrogen-bond acceptors (Lipinski definition) is 4. The first-order chi connectivity index (χ1) is 14.1. The van der Waals surface area contributed by atoms with Gasteiger partial charge in [0.2, 0.25) is 0 Å². The minimum atomic E-state index is -0.448. The molecular formula is C23H27FN2O3. The van der Waals surface area contributed by atoms with Gasteiger partial charge in [0.15, 0.2) is 18.2 Å². The quantitative estimate of drug-likeness (QED) is 0.776. The molecule has 2 aliphatic rings. The van der Waals surface area contributed by atoms with Crippen molar-refractivity contribution in [1.82, 2.24) is 9.80 Å². The summed E-state index contributed by atoms with van der Waals surface area (Å²) in [5, 5.41) is 0. The number of amides is 1. The van der Waals surface area contributed by atoms with Crippen LogP contribution in [0.5, 0.6) is 11.5 Å². The van der Waals surface area contributed by atoms with Crippen LogP contribution < -0.4 is 9.47 Å². The van der Waals surface area contributed by atoms with Crippen LogP contribution in [0.4, 0.5) is 4.39 Å². The molecular weight excluding hydrogens is 371 g/mol. The van der Waals surface area contributed by atoms with Gasteiger partial charge in [0, 0.05) is 37.5 Å². The molecule has 29 heavy (non-hydrogen) atoms. The van der Waals surface area contributed by atoms with Crippen molar-refractivity contribution in [2.24, 2.45) is 5.92 Å². The second-order valence-corrected chi connectivity index (χ2v) is 7.90. The molecule has 0 radical (unpaired) electrons. The van der Waals surface area contributed by atoms with Gasteiger partial charge < -0.3 is 19.3 Å². The molecule has 0 spiro atoms. The molecule has 2 heterocycles. The summed E-state index contributed by atoms with van der Waals surface area (Å²) in [6.45, 7) is 2.25. The van der Waals surface area contributed by atoms with Gasteiger partial charge in [-0.25, -0.2) is 4.39 Å².